The minimum atomic E-state index is -1.61. The van der Waals surface area contributed by atoms with E-state index in [1.54, 1.807) is 96.3 Å². The van der Waals surface area contributed by atoms with Gasteiger partial charge in [-0.3, -0.25) is 0 Å². The Balaban J connectivity index is 0.000000158. The molecule has 0 amide bonds. The second kappa shape index (κ2) is 21.0. The summed E-state index contributed by atoms with van der Waals surface area (Å²) in [6, 6.07) is 21.1. The summed E-state index contributed by atoms with van der Waals surface area (Å²) in [4.78, 5) is 4.76. The molecule has 3 aliphatic carbocycles. The number of hydrogen-bond acceptors (Lipinski definition) is 2. The van der Waals surface area contributed by atoms with Gasteiger partial charge in [0.2, 0.25) is 0 Å². The molecule has 2 nitrogen and oxygen atoms in total. The zero-order chi connectivity index (χ0) is 36.2. The monoisotopic (exact) mass is 836 g/mol. The van der Waals surface area contributed by atoms with Gasteiger partial charge in [0.1, 0.15) is 0 Å². The minimum absolute atomic E-state index is 0.0465. The maximum absolute atomic E-state index is 5.67. The molecule has 0 bridgehead atoms. The fraction of sp³-hybridized carbons (Fsp3) is 0.556. The summed E-state index contributed by atoms with van der Waals surface area (Å²) >= 11 is -1.61. The van der Waals surface area contributed by atoms with Crippen molar-refractivity contribution in [1.82, 2.24) is 0 Å². The molecule has 0 unspecified atom stereocenters. The second-order valence-electron chi connectivity index (χ2n) is 15.8. The van der Waals surface area contributed by atoms with E-state index in [0.29, 0.717) is 0 Å². The van der Waals surface area contributed by atoms with Crippen molar-refractivity contribution in [1.29, 1.82) is 0 Å². The average Bonchev–Trinajstić information content (AvgIpc) is 3.59. The van der Waals surface area contributed by atoms with Crippen LogP contribution in [0.5, 0.6) is 0 Å². The van der Waals surface area contributed by atoms with Gasteiger partial charge in [0.15, 0.2) is 0 Å². The normalized spacial score (nSPS) is 19.3. The number of hydrogen-bond donors (Lipinski definition) is 0. The molecule has 1 heterocycles. The van der Waals surface area contributed by atoms with Crippen molar-refractivity contribution in [2.45, 2.75) is 148 Å². The van der Waals surface area contributed by atoms with Crippen molar-refractivity contribution in [3.63, 3.8) is 0 Å². The molecule has 0 radical (unpaired) electrons. The summed E-state index contributed by atoms with van der Waals surface area (Å²) in [6.07, 6.45) is 23.8. The van der Waals surface area contributed by atoms with Crippen LogP contribution in [0.25, 0.3) is 0 Å². The molecule has 3 aromatic carbocycles. The van der Waals surface area contributed by atoms with Crippen LogP contribution in [0.3, 0.4) is 0 Å². The predicted molar refractivity (Wildman–Crippen MR) is 228 cm³/mol. The van der Waals surface area contributed by atoms with Gasteiger partial charge in [-0.15, -0.1) is 0 Å². The third-order valence-electron chi connectivity index (χ3n) is 11.7. The molecule has 7 rings (SSSR count). The Morgan fingerprint density at radius 3 is 1.53 bits per heavy atom. The molecule has 0 atom stereocenters. The molecule has 0 N–H and O–H groups in total. The van der Waals surface area contributed by atoms with Gasteiger partial charge in [0.25, 0.3) is 0 Å². The van der Waals surface area contributed by atoms with Gasteiger partial charge in [-0.05, 0) is 134 Å². The van der Waals surface area contributed by atoms with Gasteiger partial charge >= 0.3 is 73.4 Å². The Bertz CT molecular complexity index is 1460. The molecule has 4 aliphatic rings. The van der Waals surface area contributed by atoms with Crippen molar-refractivity contribution in [2.24, 2.45) is 0 Å². The van der Waals surface area contributed by atoms with E-state index in [2.05, 4.69) is 81.4 Å². The van der Waals surface area contributed by atoms with Crippen molar-refractivity contribution in [2.75, 3.05) is 22.9 Å². The van der Waals surface area contributed by atoms with E-state index in [0.717, 1.165) is 18.7 Å². The summed E-state index contributed by atoms with van der Waals surface area (Å²) in [5.74, 6) is 0. The Labute approximate surface area is 326 Å². The van der Waals surface area contributed by atoms with Gasteiger partial charge in [-0.1, -0.05) is 54.7 Å². The van der Waals surface area contributed by atoms with Crippen LogP contribution in [0.2, 0.25) is 0 Å². The van der Waals surface area contributed by atoms with E-state index in [4.69, 9.17) is 19.4 Å². The van der Waals surface area contributed by atoms with E-state index in [1.165, 1.54) is 56.2 Å². The van der Waals surface area contributed by atoms with Gasteiger partial charge in [-0.2, -0.15) is 6.67 Å². The number of nitrogens with zero attached hydrogens (tertiary/aromatic N) is 2. The molecular weight excluding hydrogens is 771 g/mol. The molecule has 0 aromatic heterocycles. The van der Waals surface area contributed by atoms with E-state index in [-0.39, 0.29) is 7.92 Å². The first-order chi connectivity index (χ1) is 24.7. The first kappa shape index (κ1) is 40.9. The molecule has 282 valence electrons. The molecule has 6 heteroatoms. The van der Waals surface area contributed by atoms with E-state index < -0.39 is 13.5 Å². The Kier molecular flexibility index (Phi) is 16.9. The van der Waals surface area contributed by atoms with Crippen LogP contribution in [0.15, 0.2) is 60.7 Å². The molecule has 3 saturated carbocycles. The van der Waals surface area contributed by atoms with Crippen molar-refractivity contribution >= 4 is 43.3 Å². The summed E-state index contributed by atoms with van der Waals surface area (Å²) in [5, 5.41) is 0. The van der Waals surface area contributed by atoms with Gasteiger partial charge < -0.3 is 9.80 Å². The van der Waals surface area contributed by atoms with Crippen LogP contribution in [0.1, 0.15) is 130 Å². The SMILES string of the molecule is C1CCC([PH+](C2CCCCC2)C2CCCCC2)CC1.Cc1ccc(N2[CH-]N(c3c(C)cc(C)cc3C)CC2)c(C)c1.[Cl][Ru]([Cl])=[CH]c1ccccc1. The van der Waals surface area contributed by atoms with Crippen LogP contribution in [-0.2, 0) is 13.5 Å². The molecule has 3 aromatic rings. The van der Waals surface area contributed by atoms with Crippen LogP contribution in [-0.4, -0.2) is 34.7 Å². The topological polar surface area (TPSA) is 6.48 Å². The fourth-order valence-electron chi connectivity index (χ4n) is 9.52. The Hall–Kier alpha value is -1.24. The van der Waals surface area contributed by atoms with Crippen molar-refractivity contribution < 1.29 is 13.5 Å². The molecular formula is C45H65Cl2N2PRu. The number of benzene rings is 3. The fourth-order valence-corrected chi connectivity index (χ4v) is 16.6. The van der Waals surface area contributed by atoms with Gasteiger partial charge in [0, 0.05) is 32.4 Å². The Morgan fingerprint density at radius 1 is 0.588 bits per heavy atom. The Morgan fingerprint density at radius 2 is 1.06 bits per heavy atom. The number of rotatable bonds is 6. The first-order valence-corrected chi connectivity index (χ1v) is 27.2. The van der Waals surface area contributed by atoms with Gasteiger partial charge in [-0.25, -0.2) is 0 Å². The molecule has 0 spiro atoms. The first-order valence-electron chi connectivity index (χ1n) is 20.0. The van der Waals surface area contributed by atoms with E-state index in [9.17, 15) is 0 Å². The summed E-state index contributed by atoms with van der Waals surface area (Å²) in [5.41, 5.74) is 14.2. The summed E-state index contributed by atoms with van der Waals surface area (Å²) in [7, 11) is 11.3. The quantitative estimate of drug-likeness (QED) is 0.139. The van der Waals surface area contributed by atoms with Gasteiger partial charge in [0.05, 0.1) is 17.0 Å². The average molecular weight is 837 g/mol. The standard InChI is InChI=1S/C20H25N2.C18H33P.C7H6.2ClH.Ru/c1-14-6-7-19(16(3)10-14)21-8-9-22(13-21)20-17(4)11-15(2)12-18(20)5;1-4-10-16(11-5-1)19(17-12-6-2-7-13-17)18-14-8-3-9-15-18;1-7-5-3-2-4-6-7;;;/h6-7,10-13H,8-9H2,1-5H3;16-18H,1-15H2;1-6H;2*1H;/q-1;;;;;+2/p-1. The third kappa shape index (κ3) is 12.4. The summed E-state index contributed by atoms with van der Waals surface area (Å²) < 4.78 is 1.92. The maximum atomic E-state index is 5.67. The summed E-state index contributed by atoms with van der Waals surface area (Å²) in [6.45, 7) is 15.3. The van der Waals surface area contributed by atoms with E-state index >= 15 is 0 Å². The van der Waals surface area contributed by atoms with Crippen LogP contribution < -0.4 is 9.80 Å². The van der Waals surface area contributed by atoms with Crippen LogP contribution >= 0.6 is 27.3 Å². The number of aryl methyl sites for hydroxylation is 5. The second-order valence-corrected chi connectivity index (χ2v) is 24.9. The zero-order valence-electron chi connectivity index (χ0n) is 32.2. The molecule has 4 fully saturated rings. The van der Waals surface area contributed by atoms with Crippen molar-refractivity contribution in [3.8, 4) is 0 Å². The third-order valence-corrected chi connectivity index (χ3v) is 18.1. The van der Waals surface area contributed by atoms with Crippen LogP contribution in [0.4, 0.5) is 11.4 Å². The number of halogens is 2. The zero-order valence-corrected chi connectivity index (χ0v) is 36.4. The molecule has 51 heavy (non-hydrogen) atoms. The van der Waals surface area contributed by atoms with Crippen molar-refractivity contribution in [3.05, 3.63) is 101 Å². The predicted octanol–water partition coefficient (Wildman–Crippen LogP) is 13.6. The molecule has 1 aliphatic heterocycles. The van der Waals surface area contributed by atoms with Crippen LogP contribution in [0, 0.1) is 41.3 Å². The molecule has 1 saturated heterocycles. The number of anilines is 2. The van der Waals surface area contributed by atoms with E-state index in [1.807, 2.05) is 34.9 Å².